The van der Waals surface area contributed by atoms with Gasteiger partial charge in [0.1, 0.15) is 6.33 Å². The van der Waals surface area contributed by atoms with Crippen LogP contribution in [0, 0.1) is 0 Å². The normalized spacial score (nSPS) is 11.1. The Balaban J connectivity index is 1.87. The van der Waals surface area contributed by atoms with Crippen LogP contribution < -0.4 is 0 Å². The van der Waals surface area contributed by atoms with Gasteiger partial charge in [-0.05, 0) is 43.7 Å². The number of halogens is 4. The highest BCUT2D eigenvalue weighted by atomic mass is 35.5. The maximum absolute atomic E-state index is 13.0. The summed E-state index contributed by atoms with van der Waals surface area (Å²) in [6.45, 7) is 4.11. The third-order valence-corrected chi connectivity index (χ3v) is 5.49. The molecule has 1 amide bonds. The van der Waals surface area contributed by atoms with Crippen molar-refractivity contribution in [3.05, 3.63) is 68.1 Å². The monoisotopic (exact) mass is 472 g/mol. The van der Waals surface area contributed by atoms with Crippen LogP contribution in [0.2, 0.25) is 20.1 Å². The first kappa shape index (κ1) is 21.7. The number of nitrogens with zero attached hydrogens (tertiary/aromatic N) is 4. The van der Waals surface area contributed by atoms with Gasteiger partial charge < -0.3 is 10.0 Å². The SMILES string of the molecule is CC(C)N(Cc1ccc(Cl)c(Cl)c1)C(=O)c1ncn(-c2cc(Cl)c(O)c(Cl)c2)n1. The van der Waals surface area contributed by atoms with Crippen molar-refractivity contribution in [1.29, 1.82) is 0 Å². The maximum atomic E-state index is 13.0. The molecule has 10 heteroatoms. The highest BCUT2D eigenvalue weighted by Gasteiger charge is 2.23. The van der Waals surface area contributed by atoms with Crippen LogP contribution in [0.3, 0.4) is 0 Å². The number of hydrogen-bond donors (Lipinski definition) is 1. The summed E-state index contributed by atoms with van der Waals surface area (Å²) in [6, 6.07) is 8.06. The van der Waals surface area contributed by atoms with Gasteiger partial charge in [-0.25, -0.2) is 9.67 Å². The Bertz CT molecular complexity index is 1050. The number of aromatic nitrogens is 3. The molecule has 0 fully saturated rings. The number of phenolic OH excluding ortho intramolecular Hbond substituents is 1. The van der Waals surface area contributed by atoms with Crippen molar-refractivity contribution in [1.82, 2.24) is 19.7 Å². The lowest BCUT2D eigenvalue weighted by Gasteiger charge is -2.25. The second-order valence-corrected chi connectivity index (χ2v) is 8.17. The van der Waals surface area contributed by atoms with E-state index in [2.05, 4.69) is 10.1 Å². The quantitative estimate of drug-likeness (QED) is 0.520. The molecule has 0 saturated heterocycles. The molecular weight excluding hydrogens is 458 g/mol. The zero-order valence-electron chi connectivity index (χ0n) is 15.4. The summed E-state index contributed by atoms with van der Waals surface area (Å²) in [7, 11) is 0. The molecular formula is C19H16Cl4N4O2. The molecule has 3 rings (SSSR count). The first-order valence-corrected chi connectivity index (χ1v) is 10.0. The molecule has 29 heavy (non-hydrogen) atoms. The van der Waals surface area contributed by atoms with E-state index in [0.29, 0.717) is 22.3 Å². The summed E-state index contributed by atoms with van der Waals surface area (Å²) >= 11 is 23.9. The Morgan fingerprint density at radius 2 is 1.72 bits per heavy atom. The lowest BCUT2D eigenvalue weighted by atomic mass is 10.2. The van der Waals surface area contributed by atoms with Gasteiger partial charge >= 0.3 is 0 Å². The van der Waals surface area contributed by atoms with Crippen molar-refractivity contribution < 1.29 is 9.90 Å². The van der Waals surface area contributed by atoms with Crippen molar-refractivity contribution in [2.45, 2.75) is 26.4 Å². The van der Waals surface area contributed by atoms with Crippen LogP contribution in [0.5, 0.6) is 5.75 Å². The molecule has 0 aliphatic heterocycles. The van der Waals surface area contributed by atoms with Gasteiger partial charge in [-0.1, -0.05) is 52.5 Å². The molecule has 6 nitrogen and oxygen atoms in total. The first-order valence-electron chi connectivity index (χ1n) is 8.52. The van der Waals surface area contributed by atoms with Crippen molar-refractivity contribution in [2.75, 3.05) is 0 Å². The van der Waals surface area contributed by atoms with Crippen molar-refractivity contribution in [3.63, 3.8) is 0 Å². The molecule has 3 aromatic rings. The zero-order valence-corrected chi connectivity index (χ0v) is 18.4. The number of hydrogen-bond acceptors (Lipinski definition) is 4. The summed E-state index contributed by atoms with van der Waals surface area (Å²) in [5.41, 5.74) is 1.29. The van der Waals surface area contributed by atoms with E-state index >= 15 is 0 Å². The van der Waals surface area contributed by atoms with Crippen LogP contribution >= 0.6 is 46.4 Å². The summed E-state index contributed by atoms with van der Waals surface area (Å²) in [4.78, 5) is 18.7. The van der Waals surface area contributed by atoms with Gasteiger partial charge in [0.25, 0.3) is 5.91 Å². The molecule has 0 bridgehead atoms. The van der Waals surface area contributed by atoms with Gasteiger partial charge in [0.2, 0.25) is 5.82 Å². The van der Waals surface area contributed by atoms with Gasteiger partial charge in [-0.2, -0.15) is 0 Å². The maximum Gasteiger partial charge on any atom is 0.294 e. The van der Waals surface area contributed by atoms with Gasteiger partial charge in [0.15, 0.2) is 5.75 Å². The minimum Gasteiger partial charge on any atom is -0.505 e. The second kappa shape index (κ2) is 8.79. The topological polar surface area (TPSA) is 71.2 Å². The third kappa shape index (κ3) is 4.78. The lowest BCUT2D eigenvalue weighted by Crippen LogP contribution is -2.37. The Labute approximate surface area is 187 Å². The van der Waals surface area contributed by atoms with Crippen LogP contribution in [0.15, 0.2) is 36.7 Å². The zero-order chi connectivity index (χ0) is 21.3. The van der Waals surface area contributed by atoms with E-state index in [-0.39, 0.29) is 33.6 Å². The Hall–Kier alpha value is -1.99. The summed E-state index contributed by atoms with van der Waals surface area (Å²) in [5.74, 6) is -0.555. The number of carbonyl (C=O) groups is 1. The van der Waals surface area contributed by atoms with Crippen molar-refractivity contribution >= 4 is 52.3 Å². The van der Waals surface area contributed by atoms with Gasteiger partial charge in [0, 0.05) is 12.6 Å². The minimum atomic E-state index is -0.346. The molecule has 1 N–H and O–H groups in total. The predicted molar refractivity (Wildman–Crippen MR) is 115 cm³/mol. The van der Waals surface area contributed by atoms with Crippen LogP contribution in [-0.2, 0) is 6.54 Å². The fraction of sp³-hybridized carbons (Fsp3) is 0.211. The third-order valence-electron chi connectivity index (χ3n) is 4.17. The van der Waals surface area contributed by atoms with Crippen molar-refractivity contribution in [2.24, 2.45) is 0 Å². The molecule has 1 heterocycles. The fourth-order valence-electron chi connectivity index (χ4n) is 2.62. The summed E-state index contributed by atoms with van der Waals surface area (Å²) in [5, 5.41) is 14.9. The Morgan fingerprint density at radius 3 is 2.31 bits per heavy atom. The molecule has 0 radical (unpaired) electrons. The molecule has 0 aliphatic carbocycles. The largest absolute Gasteiger partial charge is 0.505 e. The highest BCUT2D eigenvalue weighted by Crippen LogP contribution is 2.33. The minimum absolute atomic E-state index is 0.0130. The summed E-state index contributed by atoms with van der Waals surface area (Å²) < 4.78 is 1.36. The van der Waals surface area contributed by atoms with E-state index in [0.717, 1.165) is 5.56 Å². The smallest absolute Gasteiger partial charge is 0.294 e. The average Bonchev–Trinajstić information content (AvgIpc) is 3.16. The van der Waals surface area contributed by atoms with E-state index in [1.807, 2.05) is 19.9 Å². The molecule has 2 aromatic carbocycles. The highest BCUT2D eigenvalue weighted by molar-refractivity contribution is 6.42. The van der Waals surface area contributed by atoms with E-state index < -0.39 is 0 Å². The molecule has 0 atom stereocenters. The van der Waals surface area contributed by atoms with Crippen LogP contribution in [-0.4, -0.2) is 36.7 Å². The number of rotatable bonds is 5. The Morgan fingerprint density at radius 1 is 1.07 bits per heavy atom. The molecule has 0 unspecified atom stereocenters. The van der Waals surface area contributed by atoms with Gasteiger partial charge in [0.05, 0.1) is 25.8 Å². The van der Waals surface area contributed by atoms with E-state index in [4.69, 9.17) is 46.4 Å². The lowest BCUT2D eigenvalue weighted by molar-refractivity contribution is 0.0677. The number of aromatic hydroxyl groups is 1. The molecule has 152 valence electrons. The predicted octanol–water partition coefficient (Wildman–Crippen LogP) is 5.64. The molecule has 0 spiro atoms. The Kier molecular flexibility index (Phi) is 6.58. The fourth-order valence-corrected chi connectivity index (χ4v) is 3.42. The van der Waals surface area contributed by atoms with Gasteiger partial charge in [-0.15, -0.1) is 5.10 Å². The first-order chi connectivity index (χ1) is 13.7. The van der Waals surface area contributed by atoms with E-state index in [1.165, 1.54) is 23.1 Å². The average molecular weight is 474 g/mol. The molecule has 0 aliphatic rings. The van der Waals surface area contributed by atoms with Gasteiger partial charge in [-0.3, -0.25) is 4.79 Å². The van der Waals surface area contributed by atoms with Crippen molar-refractivity contribution in [3.8, 4) is 11.4 Å². The van der Waals surface area contributed by atoms with Crippen LogP contribution in [0.1, 0.15) is 30.0 Å². The summed E-state index contributed by atoms with van der Waals surface area (Å²) in [6.07, 6.45) is 1.38. The van der Waals surface area contributed by atoms with E-state index in [9.17, 15) is 9.90 Å². The number of phenols is 1. The standard InChI is InChI=1S/C19H16Cl4N4O2/c1-10(2)26(8-11-3-4-13(20)14(21)5-11)19(29)18-24-9-27(25-18)12-6-15(22)17(28)16(23)7-12/h3-7,9-10,28H,8H2,1-2H3. The van der Waals surface area contributed by atoms with E-state index in [1.54, 1.807) is 17.0 Å². The molecule has 0 saturated carbocycles. The van der Waals surface area contributed by atoms with Crippen LogP contribution in [0.4, 0.5) is 0 Å². The number of amides is 1. The number of carbonyl (C=O) groups excluding carboxylic acids is 1. The molecule has 1 aromatic heterocycles. The number of benzene rings is 2. The van der Waals surface area contributed by atoms with Crippen LogP contribution in [0.25, 0.3) is 5.69 Å². The second-order valence-electron chi connectivity index (χ2n) is 6.55.